The highest BCUT2D eigenvalue weighted by molar-refractivity contribution is 9.09. The lowest BCUT2D eigenvalue weighted by molar-refractivity contribution is -0.194. The van der Waals surface area contributed by atoms with E-state index in [-0.39, 0.29) is 12.2 Å². The van der Waals surface area contributed by atoms with Crippen LogP contribution in [0, 0.1) is 0 Å². The molecule has 0 amide bonds. The maximum absolute atomic E-state index is 11.9. The molecule has 0 radical (unpaired) electrons. The van der Waals surface area contributed by atoms with Gasteiger partial charge in [0.2, 0.25) is 0 Å². The molecule has 1 N–H and O–H groups in total. The van der Waals surface area contributed by atoms with Crippen molar-refractivity contribution < 1.29 is 14.2 Å². The quantitative estimate of drug-likeness (QED) is 0.781. The van der Waals surface area contributed by atoms with Crippen LogP contribution < -0.4 is 11.2 Å². The number of hydrogen-bond acceptors (Lipinski definition) is 5. The van der Waals surface area contributed by atoms with E-state index < -0.39 is 29.4 Å². The standard InChI is InChI=1S/C12H15BrN2O5/c1-12(2)19-8-6(5-13)18-10(9(8)20-12)15-4-3-7(16)14-11(15)17/h3-4,6,8-10H,5H2,1-2H3,(H,14,16,17)/t6-,8+,9?,10-/m1/s1. The molecule has 2 fully saturated rings. The summed E-state index contributed by atoms with van der Waals surface area (Å²) in [6.45, 7) is 3.65. The van der Waals surface area contributed by atoms with E-state index in [0.717, 1.165) is 0 Å². The number of halogens is 1. The summed E-state index contributed by atoms with van der Waals surface area (Å²) in [7, 11) is 0. The Morgan fingerprint density at radius 1 is 1.35 bits per heavy atom. The Kier molecular flexibility index (Phi) is 3.36. The van der Waals surface area contributed by atoms with E-state index >= 15 is 0 Å². The topological polar surface area (TPSA) is 82.6 Å². The van der Waals surface area contributed by atoms with Gasteiger partial charge in [-0.05, 0) is 13.8 Å². The van der Waals surface area contributed by atoms with E-state index in [1.807, 2.05) is 13.8 Å². The van der Waals surface area contributed by atoms with Gasteiger partial charge in [-0.1, -0.05) is 15.9 Å². The van der Waals surface area contributed by atoms with Crippen molar-refractivity contribution in [3.05, 3.63) is 33.1 Å². The van der Waals surface area contributed by atoms with Crippen LogP contribution in [0.3, 0.4) is 0 Å². The first-order valence-corrected chi connectivity index (χ1v) is 7.42. The van der Waals surface area contributed by atoms with Gasteiger partial charge in [0.15, 0.2) is 12.0 Å². The highest BCUT2D eigenvalue weighted by Crippen LogP contribution is 2.42. The predicted molar refractivity (Wildman–Crippen MR) is 72.9 cm³/mol. The summed E-state index contributed by atoms with van der Waals surface area (Å²) in [6.07, 6.45) is -0.0718. The maximum atomic E-state index is 11.9. The number of alkyl halides is 1. The molecule has 1 unspecified atom stereocenters. The fourth-order valence-corrected chi connectivity index (χ4v) is 3.16. The van der Waals surface area contributed by atoms with Crippen LogP contribution in [0.2, 0.25) is 0 Å². The zero-order valence-corrected chi connectivity index (χ0v) is 12.6. The van der Waals surface area contributed by atoms with Gasteiger partial charge in [0.05, 0.1) is 6.10 Å². The zero-order chi connectivity index (χ0) is 14.5. The predicted octanol–water partition coefficient (Wildman–Crippen LogP) is 0.349. The van der Waals surface area contributed by atoms with Crippen molar-refractivity contribution in [3.8, 4) is 0 Å². The van der Waals surface area contributed by atoms with Crippen LogP contribution in [-0.4, -0.2) is 39.0 Å². The fourth-order valence-electron chi connectivity index (χ4n) is 2.63. The molecule has 1 aromatic heterocycles. The van der Waals surface area contributed by atoms with Crippen molar-refractivity contribution in [2.45, 2.75) is 44.2 Å². The van der Waals surface area contributed by atoms with Crippen LogP contribution >= 0.6 is 15.9 Å². The number of rotatable bonds is 2. The highest BCUT2D eigenvalue weighted by atomic mass is 79.9. The number of aromatic amines is 1. The van der Waals surface area contributed by atoms with E-state index in [1.165, 1.54) is 16.8 Å². The molecule has 0 spiro atoms. The molecule has 3 heterocycles. The van der Waals surface area contributed by atoms with E-state index in [0.29, 0.717) is 5.33 Å². The van der Waals surface area contributed by atoms with E-state index in [2.05, 4.69) is 20.9 Å². The van der Waals surface area contributed by atoms with E-state index in [9.17, 15) is 9.59 Å². The second kappa shape index (κ2) is 4.80. The molecule has 3 rings (SSSR count). The molecule has 0 aromatic carbocycles. The molecule has 4 atom stereocenters. The molecule has 0 saturated carbocycles. The first-order valence-electron chi connectivity index (χ1n) is 6.30. The van der Waals surface area contributed by atoms with Gasteiger partial charge in [-0.25, -0.2) is 4.79 Å². The van der Waals surface area contributed by atoms with Gasteiger partial charge < -0.3 is 14.2 Å². The first kappa shape index (κ1) is 14.0. The normalized spacial score (nSPS) is 35.1. The maximum Gasteiger partial charge on any atom is 0.330 e. The summed E-state index contributed by atoms with van der Waals surface area (Å²) >= 11 is 3.37. The summed E-state index contributed by atoms with van der Waals surface area (Å²) in [5.74, 6) is -0.719. The van der Waals surface area contributed by atoms with Gasteiger partial charge in [0, 0.05) is 17.6 Å². The third-order valence-corrected chi connectivity index (χ3v) is 4.04. The largest absolute Gasteiger partial charge is 0.348 e. The van der Waals surface area contributed by atoms with Crippen LogP contribution in [0.25, 0.3) is 0 Å². The minimum atomic E-state index is -0.719. The fraction of sp³-hybridized carbons (Fsp3) is 0.667. The van der Waals surface area contributed by atoms with Crippen molar-refractivity contribution in [2.75, 3.05) is 5.33 Å². The molecule has 0 bridgehead atoms. The molecule has 110 valence electrons. The average molecular weight is 347 g/mol. The second-order valence-corrected chi connectivity index (χ2v) is 5.95. The van der Waals surface area contributed by atoms with Crippen LogP contribution in [0.1, 0.15) is 20.1 Å². The van der Waals surface area contributed by atoms with Crippen LogP contribution in [0.4, 0.5) is 0 Å². The van der Waals surface area contributed by atoms with Gasteiger partial charge >= 0.3 is 5.69 Å². The van der Waals surface area contributed by atoms with Crippen LogP contribution in [0.15, 0.2) is 21.9 Å². The Morgan fingerprint density at radius 3 is 2.70 bits per heavy atom. The second-order valence-electron chi connectivity index (χ2n) is 5.30. The Morgan fingerprint density at radius 2 is 2.05 bits per heavy atom. The molecular formula is C12H15BrN2O5. The third kappa shape index (κ3) is 2.26. The van der Waals surface area contributed by atoms with Crippen molar-refractivity contribution in [3.63, 3.8) is 0 Å². The highest BCUT2D eigenvalue weighted by Gasteiger charge is 2.55. The lowest BCUT2D eigenvalue weighted by atomic mass is 10.1. The minimum absolute atomic E-state index is 0.217. The van der Waals surface area contributed by atoms with Crippen molar-refractivity contribution in [2.24, 2.45) is 0 Å². The Hall–Kier alpha value is -0.960. The van der Waals surface area contributed by atoms with Crippen LogP contribution in [0.5, 0.6) is 0 Å². The molecule has 8 heteroatoms. The number of H-pyrrole nitrogens is 1. The van der Waals surface area contributed by atoms with Crippen molar-refractivity contribution in [1.29, 1.82) is 0 Å². The molecule has 20 heavy (non-hydrogen) atoms. The summed E-state index contributed by atoms with van der Waals surface area (Å²) < 4.78 is 18.8. The molecule has 0 aliphatic carbocycles. The van der Waals surface area contributed by atoms with Gasteiger partial charge in [-0.3, -0.25) is 14.3 Å². The lowest BCUT2D eigenvalue weighted by Gasteiger charge is -2.24. The number of fused-ring (bicyclic) bond motifs is 1. The van der Waals surface area contributed by atoms with Crippen molar-refractivity contribution >= 4 is 15.9 Å². The molecular weight excluding hydrogens is 332 g/mol. The Balaban J connectivity index is 1.98. The summed E-state index contributed by atoms with van der Waals surface area (Å²) in [5.41, 5.74) is -0.966. The van der Waals surface area contributed by atoms with Gasteiger partial charge in [0.25, 0.3) is 5.56 Å². The smallest absolute Gasteiger partial charge is 0.330 e. The zero-order valence-electron chi connectivity index (χ0n) is 11.0. The third-order valence-electron chi connectivity index (χ3n) is 3.40. The Labute approximate surface area is 123 Å². The summed E-state index contributed by atoms with van der Waals surface area (Å²) in [6, 6.07) is 1.28. The summed E-state index contributed by atoms with van der Waals surface area (Å²) in [4.78, 5) is 25.2. The SMILES string of the molecule is CC1(C)OC2[C@@H](O1)[C@@H](CBr)O[C@H]2n1ccc(=O)[nH]c1=O. The van der Waals surface area contributed by atoms with Crippen LogP contribution in [-0.2, 0) is 14.2 Å². The number of aromatic nitrogens is 2. The number of nitrogens with one attached hydrogen (secondary N) is 1. The number of ether oxygens (including phenoxy) is 3. The molecule has 1 aromatic rings. The molecule has 2 saturated heterocycles. The Bertz CT molecular complexity index is 625. The summed E-state index contributed by atoms with van der Waals surface area (Å²) in [5, 5.41) is 0.572. The van der Waals surface area contributed by atoms with Gasteiger partial charge in [-0.2, -0.15) is 0 Å². The van der Waals surface area contributed by atoms with E-state index in [4.69, 9.17) is 14.2 Å². The molecule has 7 nitrogen and oxygen atoms in total. The monoisotopic (exact) mass is 346 g/mol. The molecule has 2 aliphatic rings. The number of nitrogens with zero attached hydrogens (tertiary/aromatic N) is 1. The molecule has 2 aliphatic heterocycles. The number of hydrogen-bond donors (Lipinski definition) is 1. The van der Waals surface area contributed by atoms with Gasteiger partial charge in [0.1, 0.15) is 12.2 Å². The first-order chi connectivity index (χ1) is 9.41. The van der Waals surface area contributed by atoms with Gasteiger partial charge in [-0.15, -0.1) is 0 Å². The van der Waals surface area contributed by atoms with Crippen molar-refractivity contribution in [1.82, 2.24) is 9.55 Å². The van der Waals surface area contributed by atoms with E-state index in [1.54, 1.807) is 0 Å². The average Bonchev–Trinajstić information content (AvgIpc) is 2.83. The minimum Gasteiger partial charge on any atom is -0.348 e. The lowest BCUT2D eigenvalue weighted by Crippen LogP contribution is -2.37.